The van der Waals surface area contributed by atoms with Crippen molar-refractivity contribution < 1.29 is 0 Å². The molecule has 0 aromatic heterocycles. The lowest BCUT2D eigenvalue weighted by molar-refractivity contribution is 0.751. The normalized spacial score (nSPS) is 10.2. The van der Waals surface area contributed by atoms with E-state index in [4.69, 9.17) is 12.2 Å². The molecule has 0 aliphatic carbocycles. The Kier molecular flexibility index (Phi) is 4.93. The van der Waals surface area contributed by atoms with Crippen LogP contribution < -0.4 is 10.6 Å². The molecule has 2 aromatic rings. The van der Waals surface area contributed by atoms with E-state index >= 15 is 0 Å². The second-order valence-electron chi connectivity index (χ2n) is 4.33. The Morgan fingerprint density at radius 3 is 1.84 bits per heavy atom. The predicted molar refractivity (Wildman–Crippen MR) is 84.4 cm³/mol. The van der Waals surface area contributed by atoms with Gasteiger partial charge in [-0.2, -0.15) is 0 Å². The third-order valence-corrected chi connectivity index (χ3v) is 3.45. The minimum atomic E-state index is 0.300. The summed E-state index contributed by atoms with van der Waals surface area (Å²) in [5, 5.41) is 6.87. The highest BCUT2D eigenvalue weighted by Gasteiger charge is 2.13. The van der Waals surface area contributed by atoms with Gasteiger partial charge in [-0.3, -0.25) is 0 Å². The first-order valence-corrected chi connectivity index (χ1v) is 6.77. The van der Waals surface area contributed by atoms with Crippen LogP contribution in [0.5, 0.6) is 0 Å². The number of hydrogen-bond acceptors (Lipinski definition) is 1. The fraction of sp³-hybridized carbons (Fsp3) is 0.188. The summed E-state index contributed by atoms with van der Waals surface area (Å²) in [5.74, 6) is 0.300. The van der Waals surface area contributed by atoms with Gasteiger partial charge < -0.3 is 10.6 Å². The Bertz CT molecular complexity index is 471. The maximum absolute atomic E-state index is 5.15. The molecule has 0 saturated carbocycles. The molecule has 0 saturated heterocycles. The molecule has 2 N–H and O–H groups in total. The van der Waals surface area contributed by atoms with E-state index in [1.165, 1.54) is 11.1 Å². The summed E-state index contributed by atoms with van der Waals surface area (Å²) in [6.07, 6.45) is 0. The first-order valence-electron chi connectivity index (χ1n) is 6.36. The standard InChI is InChI=1S/C16H18N2S/c1-17-16(19)18-12-15(13-8-4-2-5-9-13)14-10-6-3-7-11-14/h2-11,15H,12H2,1H3,(H2,17,18,19). The number of benzene rings is 2. The molecule has 0 unspecified atom stereocenters. The maximum Gasteiger partial charge on any atom is 0.166 e. The van der Waals surface area contributed by atoms with Crippen LogP contribution in [0, 0.1) is 0 Å². The molecule has 2 nitrogen and oxygen atoms in total. The van der Waals surface area contributed by atoms with E-state index in [2.05, 4.69) is 59.2 Å². The van der Waals surface area contributed by atoms with Gasteiger partial charge in [0, 0.05) is 19.5 Å². The molecule has 0 fully saturated rings. The average molecular weight is 270 g/mol. The van der Waals surface area contributed by atoms with Crippen LogP contribution in [-0.4, -0.2) is 18.7 Å². The van der Waals surface area contributed by atoms with Crippen LogP contribution in [0.4, 0.5) is 0 Å². The topological polar surface area (TPSA) is 24.1 Å². The van der Waals surface area contributed by atoms with Gasteiger partial charge in [-0.05, 0) is 23.3 Å². The van der Waals surface area contributed by atoms with Gasteiger partial charge in [0.15, 0.2) is 5.11 Å². The van der Waals surface area contributed by atoms with Crippen LogP contribution in [0.1, 0.15) is 17.0 Å². The third kappa shape index (κ3) is 3.80. The van der Waals surface area contributed by atoms with Gasteiger partial charge >= 0.3 is 0 Å². The van der Waals surface area contributed by atoms with Crippen molar-refractivity contribution in [3.63, 3.8) is 0 Å². The summed E-state index contributed by atoms with van der Waals surface area (Å²) >= 11 is 5.15. The first-order chi connectivity index (χ1) is 9.31. The largest absolute Gasteiger partial charge is 0.366 e. The van der Waals surface area contributed by atoms with E-state index in [1.54, 1.807) is 0 Å². The molecule has 2 rings (SSSR count). The Balaban J connectivity index is 2.21. The molecule has 0 atom stereocenters. The van der Waals surface area contributed by atoms with Crippen LogP contribution in [-0.2, 0) is 0 Å². The highest BCUT2D eigenvalue weighted by molar-refractivity contribution is 7.80. The zero-order valence-corrected chi connectivity index (χ0v) is 11.8. The second-order valence-corrected chi connectivity index (χ2v) is 4.74. The van der Waals surface area contributed by atoms with Gasteiger partial charge in [0.1, 0.15) is 0 Å². The van der Waals surface area contributed by atoms with Crippen LogP contribution in [0.2, 0.25) is 0 Å². The molecule has 0 aliphatic heterocycles. The molecule has 0 aliphatic rings. The van der Waals surface area contributed by atoms with Gasteiger partial charge in [-0.25, -0.2) is 0 Å². The molecule has 0 radical (unpaired) electrons. The maximum atomic E-state index is 5.15. The van der Waals surface area contributed by atoms with E-state index in [1.807, 2.05) is 19.2 Å². The smallest absolute Gasteiger partial charge is 0.166 e. The Labute approximate surface area is 119 Å². The highest BCUT2D eigenvalue weighted by Crippen LogP contribution is 2.23. The SMILES string of the molecule is CNC(=S)NCC(c1ccccc1)c1ccccc1. The van der Waals surface area contributed by atoms with Crippen molar-refractivity contribution in [1.82, 2.24) is 10.6 Å². The van der Waals surface area contributed by atoms with E-state index in [0.29, 0.717) is 11.0 Å². The van der Waals surface area contributed by atoms with Gasteiger partial charge in [0.25, 0.3) is 0 Å². The minimum absolute atomic E-state index is 0.300. The Morgan fingerprint density at radius 2 is 1.42 bits per heavy atom. The molecule has 2 aromatic carbocycles. The van der Waals surface area contributed by atoms with Crippen LogP contribution in [0.25, 0.3) is 0 Å². The summed E-state index contributed by atoms with van der Waals surface area (Å²) in [7, 11) is 1.83. The van der Waals surface area contributed by atoms with Crippen LogP contribution >= 0.6 is 12.2 Å². The first kappa shape index (κ1) is 13.6. The van der Waals surface area contributed by atoms with Crippen molar-refractivity contribution in [2.24, 2.45) is 0 Å². The van der Waals surface area contributed by atoms with Crippen molar-refractivity contribution in [1.29, 1.82) is 0 Å². The Morgan fingerprint density at radius 1 is 0.947 bits per heavy atom. The average Bonchev–Trinajstić information content (AvgIpc) is 2.49. The molecular formula is C16H18N2S. The van der Waals surface area contributed by atoms with E-state index in [9.17, 15) is 0 Å². The van der Waals surface area contributed by atoms with Crippen molar-refractivity contribution >= 4 is 17.3 Å². The molecule has 19 heavy (non-hydrogen) atoms. The van der Waals surface area contributed by atoms with Gasteiger partial charge in [-0.15, -0.1) is 0 Å². The lowest BCUT2D eigenvalue weighted by Crippen LogP contribution is -2.35. The number of rotatable bonds is 4. The number of hydrogen-bond donors (Lipinski definition) is 2. The molecule has 0 bridgehead atoms. The fourth-order valence-corrected chi connectivity index (χ4v) is 2.17. The highest BCUT2D eigenvalue weighted by atomic mass is 32.1. The van der Waals surface area contributed by atoms with Gasteiger partial charge in [0.2, 0.25) is 0 Å². The Hall–Kier alpha value is -1.87. The van der Waals surface area contributed by atoms with Crippen molar-refractivity contribution in [3.05, 3.63) is 71.8 Å². The second kappa shape index (κ2) is 6.90. The number of thiocarbonyl (C=S) groups is 1. The molecule has 0 spiro atoms. The molecule has 0 heterocycles. The summed E-state index contributed by atoms with van der Waals surface area (Å²) in [4.78, 5) is 0. The monoisotopic (exact) mass is 270 g/mol. The molecule has 0 amide bonds. The lowest BCUT2D eigenvalue weighted by atomic mass is 9.91. The molecule has 3 heteroatoms. The zero-order chi connectivity index (χ0) is 13.5. The van der Waals surface area contributed by atoms with Crippen LogP contribution in [0.15, 0.2) is 60.7 Å². The summed E-state index contributed by atoms with van der Waals surface area (Å²) in [5.41, 5.74) is 2.58. The minimum Gasteiger partial charge on any atom is -0.366 e. The summed E-state index contributed by atoms with van der Waals surface area (Å²) in [6.45, 7) is 0.785. The molecule has 98 valence electrons. The van der Waals surface area contributed by atoms with Crippen molar-refractivity contribution in [2.75, 3.05) is 13.6 Å². The third-order valence-electron chi connectivity index (χ3n) is 3.10. The van der Waals surface area contributed by atoms with Gasteiger partial charge in [0.05, 0.1) is 0 Å². The van der Waals surface area contributed by atoms with Crippen molar-refractivity contribution in [3.8, 4) is 0 Å². The van der Waals surface area contributed by atoms with E-state index in [0.717, 1.165) is 6.54 Å². The van der Waals surface area contributed by atoms with Gasteiger partial charge in [-0.1, -0.05) is 60.7 Å². The summed E-state index contributed by atoms with van der Waals surface area (Å²) in [6, 6.07) is 21.0. The quantitative estimate of drug-likeness (QED) is 0.835. The number of nitrogens with one attached hydrogen (secondary N) is 2. The zero-order valence-electron chi connectivity index (χ0n) is 11.0. The summed E-state index contributed by atoms with van der Waals surface area (Å²) < 4.78 is 0. The molecular weight excluding hydrogens is 252 g/mol. The van der Waals surface area contributed by atoms with Crippen molar-refractivity contribution in [2.45, 2.75) is 5.92 Å². The lowest BCUT2D eigenvalue weighted by Gasteiger charge is -2.19. The fourth-order valence-electron chi connectivity index (χ4n) is 2.08. The van der Waals surface area contributed by atoms with E-state index < -0.39 is 0 Å². The van der Waals surface area contributed by atoms with Crippen LogP contribution in [0.3, 0.4) is 0 Å². The van der Waals surface area contributed by atoms with E-state index in [-0.39, 0.29) is 0 Å². The predicted octanol–water partition coefficient (Wildman–Crippen LogP) is 2.91.